The Morgan fingerprint density at radius 1 is 1.57 bits per heavy atom. The Morgan fingerprint density at radius 3 is 2.64 bits per heavy atom. The molecule has 1 aromatic rings. The van der Waals surface area contributed by atoms with E-state index in [0.717, 1.165) is 0 Å². The predicted octanol–water partition coefficient (Wildman–Crippen LogP) is 1.34. The summed E-state index contributed by atoms with van der Waals surface area (Å²) in [5.41, 5.74) is 11.2. The van der Waals surface area contributed by atoms with E-state index >= 15 is 0 Å². The molecule has 0 aliphatic rings. The summed E-state index contributed by atoms with van der Waals surface area (Å²) in [6.07, 6.45) is 0. The molecule has 78 valence electrons. The summed E-state index contributed by atoms with van der Waals surface area (Å²) >= 11 is 3.12. The number of nitrogen functional groups attached to an aromatic ring is 1. The van der Waals surface area contributed by atoms with Crippen molar-refractivity contribution in [1.82, 2.24) is 0 Å². The Hall–Kier alpha value is -0.650. The lowest BCUT2D eigenvalue weighted by Gasteiger charge is -2.24. The Labute approximate surface area is 90.0 Å². The molecule has 0 fully saturated rings. The molecule has 0 saturated heterocycles. The van der Waals surface area contributed by atoms with Gasteiger partial charge in [-0.05, 0) is 35.0 Å². The van der Waals surface area contributed by atoms with E-state index in [-0.39, 0.29) is 6.61 Å². The zero-order chi connectivity index (χ0) is 10.9. The van der Waals surface area contributed by atoms with Crippen LogP contribution in [0.4, 0.5) is 10.1 Å². The van der Waals surface area contributed by atoms with Gasteiger partial charge in [0.15, 0.2) is 0 Å². The Morgan fingerprint density at radius 2 is 2.14 bits per heavy atom. The van der Waals surface area contributed by atoms with Gasteiger partial charge in [0.1, 0.15) is 5.82 Å². The van der Waals surface area contributed by atoms with Crippen molar-refractivity contribution in [3.63, 3.8) is 0 Å². The zero-order valence-electron chi connectivity index (χ0n) is 7.72. The van der Waals surface area contributed by atoms with Crippen molar-refractivity contribution in [2.45, 2.75) is 12.5 Å². The molecule has 0 saturated carbocycles. The van der Waals surface area contributed by atoms with Crippen LogP contribution in [-0.2, 0) is 5.54 Å². The Bertz CT molecular complexity index is 355. The van der Waals surface area contributed by atoms with Crippen LogP contribution < -0.4 is 11.5 Å². The van der Waals surface area contributed by atoms with E-state index in [4.69, 9.17) is 16.6 Å². The summed E-state index contributed by atoms with van der Waals surface area (Å²) in [5.74, 6) is -0.439. The second-order valence-electron chi connectivity index (χ2n) is 3.42. The molecule has 1 rings (SSSR count). The minimum atomic E-state index is -1.03. The number of hydrogen-bond donors (Lipinski definition) is 3. The largest absolute Gasteiger partial charge is 0.398 e. The van der Waals surface area contributed by atoms with Gasteiger partial charge in [-0.3, -0.25) is 0 Å². The molecule has 0 aromatic heterocycles. The first-order valence-corrected chi connectivity index (χ1v) is 4.82. The maximum Gasteiger partial charge on any atom is 0.124 e. The number of aliphatic hydroxyl groups excluding tert-OH is 1. The van der Waals surface area contributed by atoms with Crippen molar-refractivity contribution in [2.75, 3.05) is 12.3 Å². The lowest BCUT2D eigenvalue weighted by Crippen LogP contribution is -2.37. The minimum Gasteiger partial charge on any atom is -0.398 e. The van der Waals surface area contributed by atoms with Gasteiger partial charge in [0.25, 0.3) is 0 Å². The van der Waals surface area contributed by atoms with Crippen LogP contribution in [0.2, 0.25) is 0 Å². The van der Waals surface area contributed by atoms with Crippen LogP contribution in [0, 0.1) is 5.82 Å². The van der Waals surface area contributed by atoms with E-state index in [1.807, 2.05) is 0 Å². The topological polar surface area (TPSA) is 72.3 Å². The smallest absolute Gasteiger partial charge is 0.124 e. The van der Waals surface area contributed by atoms with Crippen LogP contribution in [0.1, 0.15) is 12.5 Å². The van der Waals surface area contributed by atoms with Gasteiger partial charge in [-0.25, -0.2) is 4.39 Å². The zero-order valence-corrected chi connectivity index (χ0v) is 9.31. The summed E-state index contributed by atoms with van der Waals surface area (Å²) in [4.78, 5) is 0. The molecule has 0 radical (unpaired) electrons. The van der Waals surface area contributed by atoms with Crippen molar-refractivity contribution >= 4 is 21.6 Å². The fourth-order valence-corrected chi connectivity index (χ4v) is 1.57. The maximum atomic E-state index is 13.1. The minimum absolute atomic E-state index is 0.299. The van der Waals surface area contributed by atoms with E-state index in [0.29, 0.717) is 15.7 Å². The van der Waals surface area contributed by atoms with Crippen LogP contribution in [0.15, 0.2) is 16.6 Å². The van der Waals surface area contributed by atoms with E-state index in [2.05, 4.69) is 15.9 Å². The molecule has 0 heterocycles. The molecule has 1 atom stereocenters. The highest BCUT2D eigenvalue weighted by molar-refractivity contribution is 9.10. The molecule has 0 amide bonds. The third-order valence-electron chi connectivity index (χ3n) is 2.04. The normalized spacial score (nSPS) is 15.2. The van der Waals surface area contributed by atoms with Gasteiger partial charge < -0.3 is 16.6 Å². The fraction of sp³-hybridized carbons (Fsp3) is 0.333. The van der Waals surface area contributed by atoms with Crippen LogP contribution in [-0.4, -0.2) is 11.7 Å². The van der Waals surface area contributed by atoms with Gasteiger partial charge in [-0.15, -0.1) is 0 Å². The van der Waals surface area contributed by atoms with Gasteiger partial charge in [-0.2, -0.15) is 0 Å². The molecule has 1 aromatic carbocycles. The lowest BCUT2D eigenvalue weighted by molar-refractivity contribution is 0.210. The van der Waals surface area contributed by atoms with Gasteiger partial charge in [0.05, 0.1) is 17.8 Å². The fourth-order valence-electron chi connectivity index (χ4n) is 1.14. The van der Waals surface area contributed by atoms with E-state index in [1.165, 1.54) is 12.1 Å². The van der Waals surface area contributed by atoms with Crippen molar-refractivity contribution in [3.8, 4) is 0 Å². The summed E-state index contributed by atoms with van der Waals surface area (Å²) in [6.45, 7) is 1.29. The van der Waals surface area contributed by atoms with Crippen molar-refractivity contribution in [2.24, 2.45) is 5.73 Å². The van der Waals surface area contributed by atoms with Gasteiger partial charge in [0.2, 0.25) is 0 Å². The second-order valence-corrected chi connectivity index (χ2v) is 4.28. The number of aliphatic hydroxyl groups is 1. The maximum absolute atomic E-state index is 13.1. The molecule has 0 bridgehead atoms. The first-order valence-electron chi connectivity index (χ1n) is 4.03. The van der Waals surface area contributed by atoms with Crippen LogP contribution in [0.3, 0.4) is 0 Å². The number of anilines is 1. The first kappa shape index (κ1) is 11.4. The molecule has 5 N–H and O–H groups in total. The summed E-state index contributed by atoms with van der Waals surface area (Å²) in [7, 11) is 0. The molecule has 0 spiro atoms. The molecule has 0 unspecified atom stereocenters. The predicted molar refractivity (Wildman–Crippen MR) is 57.1 cm³/mol. The molecule has 0 aliphatic carbocycles. The highest BCUT2D eigenvalue weighted by atomic mass is 79.9. The van der Waals surface area contributed by atoms with Gasteiger partial charge in [0, 0.05) is 10.0 Å². The standard InChI is InChI=1S/C9H12BrFN2O/c1-9(13,4-14)6-2-5(11)3-7(10)8(6)12/h2-3,14H,4,12-13H2,1H3/t9-/m0/s1. The lowest BCUT2D eigenvalue weighted by atomic mass is 9.92. The number of benzene rings is 1. The van der Waals surface area contributed by atoms with Crippen LogP contribution in [0.5, 0.6) is 0 Å². The van der Waals surface area contributed by atoms with E-state index in [9.17, 15) is 4.39 Å². The third kappa shape index (κ3) is 2.05. The molecule has 0 aliphatic heterocycles. The van der Waals surface area contributed by atoms with E-state index < -0.39 is 11.4 Å². The van der Waals surface area contributed by atoms with Crippen LogP contribution in [0.25, 0.3) is 0 Å². The molecular weight excluding hydrogens is 251 g/mol. The van der Waals surface area contributed by atoms with Crippen LogP contribution >= 0.6 is 15.9 Å². The quantitative estimate of drug-likeness (QED) is 0.705. The van der Waals surface area contributed by atoms with E-state index in [1.54, 1.807) is 6.92 Å². The van der Waals surface area contributed by atoms with Crippen molar-refractivity contribution < 1.29 is 9.50 Å². The Balaban J connectivity index is 3.34. The third-order valence-corrected chi connectivity index (χ3v) is 2.69. The highest BCUT2D eigenvalue weighted by Crippen LogP contribution is 2.31. The number of nitrogens with two attached hydrogens (primary N) is 2. The molecule has 14 heavy (non-hydrogen) atoms. The highest BCUT2D eigenvalue weighted by Gasteiger charge is 2.24. The average molecular weight is 263 g/mol. The molecular formula is C9H12BrFN2O. The molecule has 3 nitrogen and oxygen atoms in total. The summed E-state index contributed by atoms with van der Waals surface area (Å²) in [6, 6.07) is 2.49. The second kappa shape index (κ2) is 3.84. The SMILES string of the molecule is C[C@](N)(CO)c1cc(F)cc(Br)c1N. The summed E-state index contributed by atoms with van der Waals surface area (Å²) < 4.78 is 13.5. The number of halogens is 2. The van der Waals surface area contributed by atoms with Crippen molar-refractivity contribution in [3.05, 3.63) is 28.0 Å². The van der Waals surface area contributed by atoms with Gasteiger partial charge >= 0.3 is 0 Å². The monoisotopic (exact) mass is 262 g/mol. The Kier molecular flexibility index (Phi) is 3.14. The average Bonchev–Trinajstić information content (AvgIpc) is 2.11. The summed E-state index contributed by atoms with van der Waals surface area (Å²) in [5, 5.41) is 9.04. The van der Waals surface area contributed by atoms with Gasteiger partial charge in [-0.1, -0.05) is 0 Å². The number of rotatable bonds is 2. The number of hydrogen-bond acceptors (Lipinski definition) is 3. The molecule has 5 heteroatoms. The first-order chi connectivity index (χ1) is 6.38. The van der Waals surface area contributed by atoms with Crippen molar-refractivity contribution in [1.29, 1.82) is 0 Å².